The average molecular weight is 236 g/mol. The minimum atomic E-state index is -0.425. The van der Waals surface area contributed by atoms with E-state index in [1.54, 1.807) is 0 Å². The van der Waals surface area contributed by atoms with Crippen LogP contribution in [-0.4, -0.2) is 10.1 Å². The highest BCUT2D eigenvalue weighted by Gasteiger charge is 2.14. The monoisotopic (exact) mass is 235 g/mol. The van der Waals surface area contributed by atoms with E-state index >= 15 is 0 Å². The van der Waals surface area contributed by atoms with Crippen molar-refractivity contribution in [2.75, 3.05) is 0 Å². The first-order valence-electron chi connectivity index (χ1n) is 3.40. The van der Waals surface area contributed by atoms with Gasteiger partial charge in [0.25, 0.3) is 0 Å². The zero-order valence-corrected chi connectivity index (χ0v) is 8.82. The summed E-state index contributed by atoms with van der Waals surface area (Å²) < 4.78 is 0.803. The predicted molar refractivity (Wildman–Crippen MR) is 49.6 cm³/mol. The van der Waals surface area contributed by atoms with Gasteiger partial charge in [0.15, 0.2) is 0 Å². The molecule has 0 aliphatic rings. The van der Waals surface area contributed by atoms with Gasteiger partial charge < -0.3 is 5.11 Å². The van der Waals surface area contributed by atoms with Gasteiger partial charge in [0.1, 0.15) is 15.7 Å². The Labute approximate surface area is 78.4 Å². The number of aliphatic hydroxyl groups is 1. The SMILES string of the molecule is CC(C)[C@@H](O)c1nc(Br)cs1. The van der Waals surface area contributed by atoms with Gasteiger partial charge in [-0.25, -0.2) is 4.98 Å². The van der Waals surface area contributed by atoms with Crippen LogP contribution in [0.3, 0.4) is 0 Å². The van der Waals surface area contributed by atoms with Gasteiger partial charge >= 0.3 is 0 Å². The van der Waals surface area contributed by atoms with Gasteiger partial charge in [-0.05, 0) is 21.8 Å². The van der Waals surface area contributed by atoms with Crippen molar-refractivity contribution in [3.8, 4) is 0 Å². The lowest BCUT2D eigenvalue weighted by Crippen LogP contribution is -2.04. The molecule has 0 radical (unpaired) electrons. The van der Waals surface area contributed by atoms with Crippen molar-refractivity contribution in [1.29, 1.82) is 0 Å². The lowest BCUT2D eigenvalue weighted by atomic mass is 10.1. The first-order valence-corrected chi connectivity index (χ1v) is 5.07. The van der Waals surface area contributed by atoms with Gasteiger partial charge in [0.05, 0.1) is 0 Å². The maximum atomic E-state index is 9.54. The van der Waals surface area contributed by atoms with E-state index in [-0.39, 0.29) is 5.92 Å². The molecule has 1 aromatic rings. The summed E-state index contributed by atoms with van der Waals surface area (Å²) in [5, 5.41) is 12.2. The quantitative estimate of drug-likeness (QED) is 0.856. The third-order valence-electron chi connectivity index (χ3n) is 1.38. The third-order valence-corrected chi connectivity index (χ3v) is 3.00. The highest BCUT2D eigenvalue weighted by Crippen LogP contribution is 2.26. The standard InChI is InChI=1S/C7H10BrNOS/c1-4(2)6(10)7-9-5(8)3-11-7/h3-4,6,10H,1-2H3/t6-/m1/s1. The largest absolute Gasteiger partial charge is 0.386 e. The Kier molecular flexibility index (Phi) is 3.04. The molecule has 1 aromatic heterocycles. The van der Waals surface area contributed by atoms with Crippen LogP contribution in [0.5, 0.6) is 0 Å². The summed E-state index contributed by atoms with van der Waals surface area (Å²) in [5.74, 6) is 0.230. The van der Waals surface area contributed by atoms with E-state index in [0.717, 1.165) is 9.61 Å². The number of hydrogen-bond acceptors (Lipinski definition) is 3. The van der Waals surface area contributed by atoms with E-state index in [1.807, 2.05) is 19.2 Å². The molecule has 1 rings (SSSR count). The molecule has 1 atom stereocenters. The van der Waals surface area contributed by atoms with Gasteiger partial charge in [-0.15, -0.1) is 11.3 Å². The lowest BCUT2D eigenvalue weighted by molar-refractivity contribution is 0.126. The van der Waals surface area contributed by atoms with E-state index in [9.17, 15) is 5.11 Å². The number of aliphatic hydroxyl groups excluding tert-OH is 1. The van der Waals surface area contributed by atoms with Crippen molar-refractivity contribution in [2.24, 2.45) is 5.92 Å². The normalized spacial score (nSPS) is 13.9. The minimum absolute atomic E-state index is 0.230. The van der Waals surface area contributed by atoms with Crippen LogP contribution < -0.4 is 0 Å². The molecular formula is C7H10BrNOS. The van der Waals surface area contributed by atoms with Crippen LogP contribution in [0.2, 0.25) is 0 Å². The predicted octanol–water partition coefficient (Wildman–Crippen LogP) is 2.60. The second-order valence-corrected chi connectivity index (χ2v) is 4.40. The summed E-state index contributed by atoms with van der Waals surface area (Å²) in [6, 6.07) is 0. The molecule has 0 aliphatic carbocycles. The Balaban J connectivity index is 2.76. The van der Waals surface area contributed by atoms with Crippen LogP contribution in [-0.2, 0) is 0 Å². The van der Waals surface area contributed by atoms with E-state index in [1.165, 1.54) is 11.3 Å². The highest BCUT2D eigenvalue weighted by atomic mass is 79.9. The van der Waals surface area contributed by atoms with E-state index in [0.29, 0.717) is 0 Å². The molecule has 62 valence electrons. The second kappa shape index (κ2) is 3.65. The Hall–Kier alpha value is 0.0700. The average Bonchev–Trinajstić information content (AvgIpc) is 2.34. The van der Waals surface area contributed by atoms with Crippen LogP contribution in [0.4, 0.5) is 0 Å². The number of thiazole rings is 1. The molecule has 0 aliphatic heterocycles. The van der Waals surface area contributed by atoms with Crippen molar-refractivity contribution in [1.82, 2.24) is 4.98 Å². The maximum Gasteiger partial charge on any atom is 0.123 e. The van der Waals surface area contributed by atoms with Gasteiger partial charge in [-0.2, -0.15) is 0 Å². The topological polar surface area (TPSA) is 33.1 Å². The van der Waals surface area contributed by atoms with Crippen LogP contribution in [0, 0.1) is 5.92 Å². The molecule has 0 saturated heterocycles. The Bertz CT molecular complexity index is 236. The van der Waals surface area contributed by atoms with Crippen molar-refractivity contribution in [3.63, 3.8) is 0 Å². The summed E-state index contributed by atoms with van der Waals surface area (Å²) in [5.41, 5.74) is 0. The molecule has 0 spiro atoms. The molecule has 0 aromatic carbocycles. The first kappa shape index (κ1) is 9.16. The molecule has 11 heavy (non-hydrogen) atoms. The maximum absolute atomic E-state index is 9.54. The van der Waals surface area contributed by atoms with Crippen molar-refractivity contribution >= 4 is 27.3 Å². The Morgan fingerprint density at radius 1 is 1.64 bits per heavy atom. The fourth-order valence-corrected chi connectivity index (χ4v) is 2.11. The highest BCUT2D eigenvalue weighted by molar-refractivity contribution is 9.10. The Morgan fingerprint density at radius 3 is 2.64 bits per heavy atom. The molecule has 1 heterocycles. The minimum Gasteiger partial charge on any atom is -0.386 e. The smallest absolute Gasteiger partial charge is 0.123 e. The summed E-state index contributed by atoms with van der Waals surface area (Å²) in [4.78, 5) is 4.12. The number of halogens is 1. The summed E-state index contributed by atoms with van der Waals surface area (Å²) in [7, 11) is 0. The summed E-state index contributed by atoms with van der Waals surface area (Å²) in [6.45, 7) is 3.94. The molecule has 0 bridgehead atoms. The molecule has 4 heteroatoms. The van der Waals surface area contributed by atoms with Crippen molar-refractivity contribution < 1.29 is 5.11 Å². The molecule has 1 N–H and O–H groups in total. The first-order chi connectivity index (χ1) is 5.11. The van der Waals surface area contributed by atoms with Crippen molar-refractivity contribution in [2.45, 2.75) is 20.0 Å². The fraction of sp³-hybridized carbons (Fsp3) is 0.571. The van der Waals surface area contributed by atoms with Crippen molar-refractivity contribution in [3.05, 3.63) is 15.0 Å². The zero-order valence-electron chi connectivity index (χ0n) is 6.41. The van der Waals surface area contributed by atoms with Gasteiger partial charge in [0.2, 0.25) is 0 Å². The molecule has 0 fully saturated rings. The fourth-order valence-electron chi connectivity index (χ4n) is 0.688. The number of hydrogen-bond donors (Lipinski definition) is 1. The molecular weight excluding hydrogens is 226 g/mol. The molecule has 0 saturated carbocycles. The number of rotatable bonds is 2. The van der Waals surface area contributed by atoms with Crippen LogP contribution in [0.1, 0.15) is 25.0 Å². The van der Waals surface area contributed by atoms with E-state index in [4.69, 9.17) is 0 Å². The van der Waals surface area contributed by atoms with E-state index in [2.05, 4.69) is 20.9 Å². The number of aromatic nitrogens is 1. The molecule has 0 amide bonds. The van der Waals surface area contributed by atoms with Crippen LogP contribution >= 0.6 is 27.3 Å². The van der Waals surface area contributed by atoms with Crippen LogP contribution in [0.15, 0.2) is 9.98 Å². The summed E-state index contributed by atoms with van der Waals surface area (Å²) in [6.07, 6.45) is -0.425. The second-order valence-electron chi connectivity index (χ2n) is 2.70. The molecule has 2 nitrogen and oxygen atoms in total. The van der Waals surface area contributed by atoms with Gasteiger partial charge in [0, 0.05) is 5.38 Å². The van der Waals surface area contributed by atoms with Crippen LogP contribution in [0.25, 0.3) is 0 Å². The zero-order chi connectivity index (χ0) is 8.43. The van der Waals surface area contributed by atoms with Gasteiger partial charge in [-0.3, -0.25) is 0 Å². The summed E-state index contributed by atoms with van der Waals surface area (Å²) >= 11 is 4.72. The van der Waals surface area contributed by atoms with E-state index < -0.39 is 6.10 Å². The Morgan fingerprint density at radius 2 is 2.27 bits per heavy atom. The third kappa shape index (κ3) is 2.25. The lowest BCUT2D eigenvalue weighted by Gasteiger charge is -2.09. The van der Waals surface area contributed by atoms with Gasteiger partial charge in [-0.1, -0.05) is 13.8 Å². The number of nitrogens with zero attached hydrogens (tertiary/aromatic N) is 1. The molecule has 0 unspecified atom stereocenters.